The van der Waals surface area contributed by atoms with Gasteiger partial charge >= 0.3 is 29.8 Å². The highest BCUT2D eigenvalue weighted by Crippen LogP contribution is 2.62. The second-order valence-electron chi connectivity index (χ2n) is 11.1. The van der Waals surface area contributed by atoms with E-state index in [1.165, 1.54) is 0 Å². The van der Waals surface area contributed by atoms with Crippen molar-refractivity contribution in [1.82, 2.24) is 0 Å². The van der Waals surface area contributed by atoms with Gasteiger partial charge in [0.2, 0.25) is 0 Å². The predicted molar refractivity (Wildman–Crippen MR) is 131 cm³/mol. The van der Waals surface area contributed by atoms with Gasteiger partial charge in [-0.3, -0.25) is 19.2 Å². The number of rotatable bonds is 5. The molecule has 5 unspecified atom stereocenters. The van der Waals surface area contributed by atoms with Gasteiger partial charge in [0, 0.05) is 11.3 Å². The molecule has 0 radical (unpaired) electrons. The van der Waals surface area contributed by atoms with E-state index in [-0.39, 0.29) is 67.5 Å². The number of allylic oxidation sites excluding steroid dienone is 2. The molecule has 4 bridgehead atoms. The molecular formula is C28H34O10. The van der Waals surface area contributed by atoms with Crippen molar-refractivity contribution in [1.29, 1.82) is 0 Å². The van der Waals surface area contributed by atoms with Crippen LogP contribution in [0.25, 0.3) is 0 Å². The molecule has 5 rings (SSSR count). The maximum Gasteiger partial charge on any atom is 0.342 e. The average Bonchev–Trinajstić information content (AvgIpc) is 3.19. The highest BCUT2D eigenvalue weighted by Gasteiger charge is 2.59. The van der Waals surface area contributed by atoms with E-state index >= 15 is 0 Å². The van der Waals surface area contributed by atoms with Crippen molar-refractivity contribution in [2.24, 2.45) is 22.7 Å². The monoisotopic (exact) mass is 530 g/mol. The number of carboxylic acids is 1. The smallest absolute Gasteiger partial charge is 0.342 e. The van der Waals surface area contributed by atoms with E-state index in [0.717, 1.165) is 12.0 Å². The summed E-state index contributed by atoms with van der Waals surface area (Å²) in [7, 11) is 0. The van der Waals surface area contributed by atoms with Crippen LogP contribution in [-0.2, 0) is 42.9 Å². The number of fused-ring (bicyclic) bond motifs is 6. The minimum Gasteiger partial charge on any atom is -0.481 e. The summed E-state index contributed by atoms with van der Waals surface area (Å²) >= 11 is 0. The number of esters is 4. The molecule has 1 N–H and O–H groups in total. The molecule has 0 aromatic heterocycles. The molecule has 3 heterocycles. The van der Waals surface area contributed by atoms with Crippen LogP contribution in [-0.4, -0.2) is 54.3 Å². The fraction of sp³-hybridized carbons (Fsp3) is 0.607. The van der Waals surface area contributed by atoms with Gasteiger partial charge in [-0.2, -0.15) is 0 Å². The maximum absolute atomic E-state index is 12.8. The predicted octanol–water partition coefficient (Wildman–Crippen LogP) is 3.40. The first-order chi connectivity index (χ1) is 17.9. The Morgan fingerprint density at radius 3 is 2.58 bits per heavy atom. The Morgan fingerprint density at radius 2 is 1.84 bits per heavy atom. The number of carbonyl (C=O) groups is 5. The molecule has 3 aliphatic heterocycles. The van der Waals surface area contributed by atoms with Crippen LogP contribution in [0.4, 0.5) is 0 Å². The molecule has 206 valence electrons. The zero-order valence-electron chi connectivity index (χ0n) is 21.8. The summed E-state index contributed by atoms with van der Waals surface area (Å²) in [6, 6.07) is 0. The summed E-state index contributed by atoms with van der Waals surface area (Å²) in [6.45, 7) is 8.18. The molecule has 2 fully saturated rings. The number of aliphatic carboxylic acids is 1. The summed E-state index contributed by atoms with van der Waals surface area (Å²) in [4.78, 5) is 60.9. The third-order valence-corrected chi connectivity index (χ3v) is 8.62. The molecule has 10 heteroatoms. The van der Waals surface area contributed by atoms with Crippen LogP contribution >= 0.6 is 0 Å². The number of carbonyl (C=O) groups excluding carboxylic acids is 4. The molecule has 2 saturated carbocycles. The fourth-order valence-corrected chi connectivity index (χ4v) is 6.62. The number of hydrogen-bond acceptors (Lipinski definition) is 9. The SMILES string of the molecule is C=C1CCC2C(C)(COC(=O)CCC(=O)O)C3CCC2(C)C1C=CC1=C(COC1=O)OC(=O)CCC(=O)O3. The zero-order valence-corrected chi connectivity index (χ0v) is 21.8. The van der Waals surface area contributed by atoms with Crippen molar-refractivity contribution in [2.75, 3.05) is 13.2 Å². The number of hydrogen-bond donors (Lipinski definition) is 1. The Morgan fingerprint density at radius 1 is 1.11 bits per heavy atom. The Labute approximate surface area is 221 Å². The Hall–Kier alpha value is -3.43. The Balaban J connectivity index is 1.71. The summed E-state index contributed by atoms with van der Waals surface area (Å²) < 4.78 is 21.9. The van der Waals surface area contributed by atoms with Gasteiger partial charge in [0.05, 0.1) is 25.7 Å². The molecule has 5 aliphatic rings. The third-order valence-electron chi connectivity index (χ3n) is 8.62. The van der Waals surface area contributed by atoms with Crippen LogP contribution in [0.1, 0.15) is 65.2 Å². The highest BCUT2D eigenvalue weighted by molar-refractivity contribution is 5.95. The molecule has 0 saturated heterocycles. The van der Waals surface area contributed by atoms with Crippen molar-refractivity contribution in [3.8, 4) is 0 Å². The zero-order chi connectivity index (χ0) is 27.7. The number of cyclic esters (lactones) is 1. The molecule has 5 atom stereocenters. The fourth-order valence-electron chi connectivity index (χ4n) is 6.62. The van der Waals surface area contributed by atoms with Gasteiger partial charge in [-0.1, -0.05) is 32.1 Å². The van der Waals surface area contributed by atoms with Crippen molar-refractivity contribution in [2.45, 2.75) is 71.3 Å². The van der Waals surface area contributed by atoms with Gasteiger partial charge in [-0.15, -0.1) is 0 Å². The molecule has 0 aromatic carbocycles. The van der Waals surface area contributed by atoms with Crippen molar-refractivity contribution in [3.63, 3.8) is 0 Å². The van der Waals surface area contributed by atoms with E-state index < -0.39 is 41.4 Å². The van der Waals surface area contributed by atoms with Gasteiger partial charge in [0.15, 0.2) is 12.4 Å². The van der Waals surface area contributed by atoms with Gasteiger partial charge in [-0.25, -0.2) is 4.79 Å². The minimum atomic E-state index is -1.09. The van der Waals surface area contributed by atoms with E-state index in [0.29, 0.717) is 19.3 Å². The van der Waals surface area contributed by atoms with Gasteiger partial charge in [0.25, 0.3) is 0 Å². The third kappa shape index (κ3) is 5.39. The van der Waals surface area contributed by atoms with Gasteiger partial charge in [0.1, 0.15) is 18.3 Å². The van der Waals surface area contributed by atoms with Crippen LogP contribution < -0.4 is 0 Å². The topological polar surface area (TPSA) is 142 Å². The van der Waals surface area contributed by atoms with E-state index in [2.05, 4.69) is 13.5 Å². The lowest BCUT2D eigenvalue weighted by Crippen LogP contribution is -2.58. The quantitative estimate of drug-likeness (QED) is 0.319. The first-order valence-corrected chi connectivity index (χ1v) is 13.0. The van der Waals surface area contributed by atoms with Crippen LogP contribution in [0.3, 0.4) is 0 Å². The van der Waals surface area contributed by atoms with Gasteiger partial charge in [-0.05, 0) is 43.1 Å². The minimum absolute atomic E-state index is 0.0454. The second kappa shape index (κ2) is 10.7. The number of carboxylic acid groups (broad SMARTS) is 1. The molecular weight excluding hydrogens is 496 g/mol. The van der Waals surface area contributed by atoms with Crippen LogP contribution in [0.5, 0.6) is 0 Å². The molecule has 2 aliphatic carbocycles. The average molecular weight is 531 g/mol. The summed E-state index contributed by atoms with van der Waals surface area (Å²) in [5.74, 6) is -3.64. The van der Waals surface area contributed by atoms with Crippen molar-refractivity contribution in [3.05, 3.63) is 35.6 Å². The normalized spacial score (nSPS) is 33.5. The second-order valence-corrected chi connectivity index (χ2v) is 11.1. The largest absolute Gasteiger partial charge is 0.481 e. The molecule has 0 spiro atoms. The first kappa shape index (κ1) is 27.6. The highest BCUT2D eigenvalue weighted by atomic mass is 16.6. The van der Waals surface area contributed by atoms with E-state index in [1.54, 1.807) is 6.08 Å². The van der Waals surface area contributed by atoms with E-state index in [1.807, 2.05) is 13.0 Å². The van der Waals surface area contributed by atoms with E-state index in [4.69, 9.17) is 24.1 Å². The standard InChI is InChI=1S/C28H34O10/c1-16-4-7-20-27(2)13-12-21(28(20,3)15-36-23(31)9-8-22(29)30)38-25(33)11-10-24(32)37-19-14-35-26(34)17(19)5-6-18(16)27/h5-6,18,20-21H,1,4,7-15H2,2-3H3,(H,29,30). The maximum atomic E-state index is 12.8. The van der Waals surface area contributed by atoms with Crippen LogP contribution in [0.15, 0.2) is 35.6 Å². The van der Waals surface area contributed by atoms with Crippen molar-refractivity contribution >= 4 is 29.8 Å². The lowest BCUT2D eigenvalue weighted by molar-refractivity contribution is -0.192. The Kier molecular flexibility index (Phi) is 7.80. The van der Waals surface area contributed by atoms with Gasteiger partial charge < -0.3 is 24.1 Å². The molecule has 38 heavy (non-hydrogen) atoms. The summed E-state index contributed by atoms with van der Waals surface area (Å²) in [5, 5.41) is 8.91. The lowest BCUT2D eigenvalue weighted by Gasteiger charge is -2.59. The molecule has 10 nitrogen and oxygen atoms in total. The van der Waals surface area contributed by atoms with Crippen molar-refractivity contribution < 1.29 is 48.0 Å². The summed E-state index contributed by atoms with van der Waals surface area (Å²) in [5.41, 5.74) is 0.0205. The number of ether oxygens (including phenoxy) is 4. The lowest BCUT2D eigenvalue weighted by atomic mass is 9.46. The molecule has 0 aromatic rings. The Bertz CT molecular complexity index is 1120. The molecule has 0 amide bonds. The van der Waals surface area contributed by atoms with Crippen LogP contribution in [0.2, 0.25) is 0 Å². The van der Waals surface area contributed by atoms with Crippen LogP contribution in [0, 0.1) is 22.7 Å². The summed E-state index contributed by atoms with van der Waals surface area (Å²) in [6.07, 6.45) is 4.55. The first-order valence-electron chi connectivity index (χ1n) is 13.0. The van der Waals surface area contributed by atoms with E-state index in [9.17, 15) is 24.0 Å².